The van der Waals surface area contributed by atoms with Gasteiger partial charge in [-0.3, -0.25) is 0 Å². The smallest absolute Gasteiger partial charge is 0.134 e. The van der Waals surface area contributed by atoms with Gasteiger partial charge in [0.1, 0.15) is 11.3 Å². The zero-order valence-electron chi connectivity index (χ0n) is 39.2. The van der Waals surface area contributed by atoms with E-state index >= 15 is 0 Å². The van der Waals surface area contributed by atoms with Gasteiger partial charge in [-0.1, -0.05) is 127 Å². The van der Waals surface area contributed by atoms with Gasteiger partial charge in [0.05, 0.1) is 0 Å². The van der Waals surface area contributed by atoms with Crippen LogP contribution < -0.4 is 4.90 Å². The molecule has 0 spiro atoms. The summed E-state index contributed by atoms with van der Waals surface area (Å²) in [6, 6.07) is 21.1. The molecular weight excluding hydrogens is 751 g/mol. The van der Waals surface area contributed by atoms with E-state index < -0.39 is 0 Å². The Morgan fingerprint density at radius 3 is 2.23 bits per heavy atom. The molecule has 4 aromatic rings. The molecule has 0 radical (unpaired) electrons. The second-order valence-electron chi connectivity index (χ2n) is 18.3. The van der Waals surface area contributed by atoms with E-state index in [-0.39, 0.29) is 5.41 Å². The summed E-state index contributed by atoms with van der Waals surface area (Å²) in [7, 11) is 0. The first-order chi connectivity index (χ1) is 30.2. The minimum atomic E-state index is -0.184. The van der Waals surface area contributed by atoms with Gasteiger partial charge in [0.2, 0.25) is 0 Å². The third-order valence-corrected chi connectivity index (χ3v) is 14.2. The SMILES string of the molecule is C/C=C\C1=C(C2=CC=C(C3=CC(C)=C(N(c4ccc(C(/C=C\CC)=C/C)cc4)c4ccc5c(c4)C(C)(C)c4c-5ccc5oc(CCCC)c(CC)c45)CC3)CC2)CCC=C1CC. The van der Waals surface area contributed by atoms with Crippen LogP contribution in [0.25, 0.3) is 27.7 Å². The summed E-state index contributed by atoms with van der Waals surface area (Å²) >= 11 is 0. The number of furan rings is 1. The van der Waals surface area contributed by atoms with Gasteiger partial charge >= 0.3 is 0 Å². The van der Waals surface area contributed by atoms with Gasteiger partial charge in [0.25, 0.3) is 0 Å². The van der Waals surface area contributed by atoms with Crippen LogP contribution in [0.2, 0.25) is 0 Å². The van der Waals surface area contributed by atoms with Gasteiger partial charge in [0, 0.05) is 39.9 Å². The van der Waals surface area contributed by atoms with Crippen LogP contribution in [0.5, 0.6) is 0 Å². The number of nitrogens with zero attached hydrogens (tertiary/aromatic N) is 1. The maximum absolute atomic E-state index is 6.64. The number of hydrogen-bond acceptors (Lipinski definition) is 2. The first-order valence-corrected chi connectivity index (χ1v) is 24.0. The molecule has 1 aromatic heterocycles. The zero-order chi connectivity index (χ0) is 43.5. The van der Waals surface area contributed by atoms with E-state index in [1.54, 1.807) is 5.57 Å². The van der Waals surface area contributed by atoms with Crippen LogP contribution in [0, 0.1) is 0 Å². The number of anilines is 2. The highest BCUT2D eigenvalue weighted by Crippen LogP contribution is 2.54. The number of allylic oxidation sites excluding steroid dienone is 18. The predicted molar refractivity (Wildman–Crippen MR) is 268 cm³/mol. The number of unbranched alkanes of at least 4 members (excludes halogenated alkanes) is 1. The maximum Gasteiger partial charge on any atom is 0.134 e. The van der Waals surface area contributed by atoms with Crippen LogP contribution in [0.4, 0.5) is 11.4 Å². The molecule has 2 heteroatoms. The standard InChI is InChI=1S/C60H69NO/c1-10-16-20-41(13-4)43-28-31-47(32-29-43)61(55-36-30-46(38-40(55)7)44-24-26-45(27-25-44)51-22-18-21-42(14-5)50(51)19-12-3)48-33-34-52-53-35-37-57-58(59(53)60(8,9)54(52)39-48)49(15-6)56(62-57)23-17-11-2/h12-13,16,19-21,24,26,28-29,31-35,37-39H,10-11,14-15,17-18,22-23,25,27,30,36H2,1-9H3/b19-12-,20-16-,41-13+. The highest BCUT2D eigenvalue weighted by atomic mass is 16.3. The van der Waals surface area contributed by atoms with Gasteiger partial charge < -0.3 is 9.32 Å². The summed E-state index contributed by atoms with van der Waals surface area (Å²) in [5.41, 5.74) is 24.5. The average Bonchev–Trinajstić information content (AvgIpc) is 3.77. The summed E-state index contributed by atoms with van der Waals surface area (Å²) in [4.78, 5) is 2.57. The Balaban J connectivity index is 1.20. The molecule has 320 valence electrons. The number of rotatable bonds is 14. The lowest BCUT2D eigenvalue weighted by molar-refractivity contribution is 0.530. The lowest BCUT2D eigenvalue weighted by Gasteiger charge is -2.33. The molecule has 0 bridgehead atoms. The Bertz CT molecular complexity index is 2650. The Hall–Kier alpha value is -5.34. The van der Waals surface area contributed by atoms with E-state index in [1.807, 2.05) is 0 Å². The molecule has 1 heterocycles. The predicted octanol–water partition coefficient (Wildman–Crippen LogP) is 17.8. The number of hydrogen-bond donors (Lipinski definition) is 0. The van der Waals surface area contributed by atoms with E-state index in [0.29, 0.717) is 0 Å². The van der Waals surface area contributed by atoms with Crippen molar-refractivity contribution in [2.24, 2.45) is 0 Å². The molecule has 0 atom stereocenters. The normalized spacial score (nSPS) is 17.8. The van der Waals surface area contributed by atoms with Crippen LogP contribution in [0.15, 0.2) is 158 Å². The fraction of sp³-hybridized carbons (Fsp3) is 0.367. The quantitative estimate of drug-likeness (QED) is 0.118. The molecule has 0 saturated carbocycles. The first-order valence-electron chi connectivity index (χ1n) is 24.0. The second kappa shape index (κ2) is 18.6. The van der Waals surface area contributed by atoms with Crippen molar-refractivity contribution in [2.75, 3.05) is 4.90 Å². The summed E-state index contributed by atoms with van der Waals surface area (Å²) in [6.07, 6.45) is 34.1. The van der Waals surface area contributed by atoms with E-state index in [4.69, 9.17) is 4.42 Å². The minimum absolute atomic E-state index is 0.184. The van der Waals surface area contributed by atoms with E-state index in [9.17, 15) is 0 Å². The number of fused-ring (bicyclic) bond motifs is 5. The van der Waals surface area contributed by atoms with Crippen molar-refractivity contribution in [3.05, 3.63) is 182 Å². The van der Waals surface area contributed by atoms with E-state index in [0.717, 1.165) is 76.2 Å². The van der Waals surface area contributed by atoms with Gasteiger partial charge in [-0.15, -0.1) is 0 Å². The Kier molecular flexibility index (Phi) is 13.0. The highest BCUT2D eigenvalue weighted by Gasteiger charge is 2.39. The fourth-order valence-electron chi connectivity index (χ4n) is 11.0. The molecule has 0 N–H and O–H groups in total. The molecule has 8 rings (SSSR count). The van der Waals surface area contributed by atoms with Crippen molar-refractivity contribution in [1.82, 2.24) is 0 Å². The van der Waals surface area contributed by atoms with E-state index in [1.165, 1.54) is 107 Å². The molecule has 0 aliphatic heterocycles. The monoisotopic (exact) mass is 820 g/mol. The van der Waals surface area contributed by atoms with Gasteiger partial charge in [-0.25, -0.2) is 0 Å². The van der Waals surface area contributed by atoms with Crippen LogP contribution in [-0.4, -0.2) is 0 Å². The summed E-state index contributed by atoms with van der Waals surface area (Å²) in [6.45, 7) is 20.5. The third-order valence-electron chi connectivity index (χ3n) is 14.2. The first kappa shape index (κ1) is 43.3. The van der Waals surface area contributed by atoms with Gasteiger partial charge in [0.15, 0.2) is 0 Å². The van der Waals surface area contributed by atoms with Crippen LogP contribution in [0.3, 0.4) is 0 Å². The van der Waals surface area contributed by atoms with Crippen LogP contribution in [0.1, 0.15) is 155 Å². The Morgan fingerprint density at radius 1 is 0.806 bits per heavy atom. The summed E-state index contributed by atoms with van der Waals surface area (Å²) in [5, 5.41) is 1.35. The lowest BCUT2D eigenvalue weighted by atomic mass is 9.79. The second-order valence-corrected chi connectivity index (χ2v) is 18.3. The number of aryl methyl sites for hydroxylation is 2. The van der Waals surface area contributed by atoms with Crippen molar-refractivity contribution in [2.45, 2.75) is 145 Å². The third kappa shape index (κ3) is 7.95. The van der Waals surface area contributed by atoms with E-state index in [2.05, 4.69) is 176 Å². The Morgan fingerprint density at radius 2 is 1.55 bits per heavy atom. The molecule has 0 amide bonds. The fourth-order valence-corrected chi connectivity index (χ4v) is 11.0. The topological polar surface area (TPSA) is 16.4 Å². The van der Waals surface area contributed by atoms with Crippen LogP contribution >= 0.6 is 0 Å². The van der Waals surface area contributed by atoms with Crippen molar-refractivity contribution < 1.29 is 4.42 Å². The number of benzene rings is 3. The van der Waals surface area contributed by atoms with Crippen molar-refractivity contribution in [1.29, 1.82) is 0 Å². The molecule has 4 aliphatic carbocycles. The molecule has 3 aromatic carbocycles. The highest BCUT2D eigenvalue weighted by molar-refractivity contribution is 5.98. The van der Waals surface area contributed by atoms with Crippen molar-refractivity contribution in [3.8, 4) is 11.1 Å². The molecule has 0 saturated heterocycles. The van der Waals surface area contributed by atoms with Crippen molar-refractivity contribution >= 4 is 27.9 Å². The van der Waals surface area contributed by atoms with Gasteiger partial charge in [-0.05, 0) is 188 Å². The maximum atomic E-state index is 6.64. The Labute approximate surface area is 373 Å². The zero-order valence-corrected chi connectivity index (χ0v) is 39.2. The molecule has 2 nitrogen and oxygen atoms in total. The van der Waals surface area contributed by atoms with Crippen LogP contribution in [-0.2, 0) is 18.3 Å². The summed E-state index contributed by atoms with van der Waals surface area (Å²) in [5.74, 6) is 1.18. The molecule has 0 fully saturated rings. The van der Waals surface area contributed by atoms with Crippen molar-refractivity contribution in [3.63, 3.8) is 0 Å². The summed E-state index contributed by atoms with van der Waals surface area (Å²) < 4.78 is 6.64. The van der Waals surface area contributed by atoms with Gasteiger partial charge in [-0.2, -0.15) is 0 Å². The molecule has 4 aliphatic rings. The lowest BCUT2D eigenvalue weighted by Crippen LogP contribution is -2.21. The minimum Gasteiger partial charge on any atom is -0.461 e. The average molecular weight is 820 g/mol. The largest absolute Gasteiger partial charge is 0.461 e. The molecular formula is C60H69NO. The molecule has 62 heavy (non-hydrogen) atoms. The molecule has 0 unspecified atom stereocenters.